The van der Waals surface area contributed by atoms with Crippen LogP contribution in [0.2, 0.25) is 5.02 Å². The molecule has 1 aromatic heterocycles. The van der Waals surface area contributed by atoms with Gasteiger partial charge >= 0.3 is 6.09 Å². The Morgan fingerprint density at radius 3 is 2.53 bits per heavy atom. The summed E-state index contributed by atoms with van der Waals surface area (Å²) in [5.41, 5.74) is 3.25. The van der Waals surface area contributed by atoms with Gasteiger partial charge in [-0.15, -0.1) is 6.42 Å². The molecule has 2 aromatic carbocycles. The molecule has 1 atom stereocenters. The molecule has 8 nitrogen and oxygen atoms in total. The van der Waals surface area contributed by atoms with Gasteiger partial charge in [-0.2, -0.15) is 5.26 Å². The summed E-state index contributed by atoms with van der Waals surface area (Å²) in [5.74, 6) is 2.76. The van der Waals surface area contributed by atoms with Crippen LogP contribution >= 0.6 is 11.6 Å². The molecule has 0 unspecified atom stereocenters. The Labute approximate surface area is 258 Å². The first-order valence-electron chi connectivity index (χ1n) is 13.9. The molecule has 0 bridgehead atoms. The molecule has 1 N–H and O–H groups in total. The van der Waals surface area contributed by atoms with Crippen molar-refractivity contribution in [1.82, 2.24) is 10.3 Å². The van der Waals surface area contributed by atoms with Crippen molar-refractivity contribution in [3.63, 3.8) is 0 Å². The van der Waals surface area contributed by atoms with Crippen molar-refractivity contribution in [3.05, 3.63) is 87.7 Å². The lowest BCUT2D eigenvalue weighted by atomic mass is 9.91. The smallest absolute Gasteiger partial charge is 0.408 e. The number of pyridine rings is 1. The zero-order chi connectivity index (χ0) is 31.4. The predicted molar refractivity (Wildman–Crippen MR) is 166 cm³/mol. The molecule has 9 heteroatoms. The summed E-state index contributed by atoms with van der Waals surface area (Å²) in [7, 11) is 0. The molecule has 0 aliphatic carbocycles. The maximum absolute atomic E-state index is 14.2. The highest BCUT2D eigenvalue weighted by Crippen LogP contribution is 2.40. The van der Waals surface area contributed by atoms with E-state index in [1.807, 2.05) is 38.1 Å². The maximum atomic E-state index is 14.2. The normalized spacial score (nSPS) is 14.2. The quantitative estimate of drug-likeness (QED) is 0.320. The minimum absolute atomic E-state index is 0.149. The molecule has 0 radical (unpaired) electrons. The molecule has 4 rings (SSSR count). The summed E-state index contributed by atoms with van der Waals surface area (Å²) in [4.78, 5) is 33.6. The number of terminal acetylenes is 1. The Hall–Kier alpha value is -4.53. The van der Waals surface area contributed by atoms with Crippen LogP contribution < -0.4 is 15.0 Å². The highest BCUT2D eigenvalue weighted by molar-refractivity contribution is 6.30. The van der Waals surface area contributed by atoms with Gasteiger partial charge in [0.2, 0.25) is 5.91 Å². The van der Waals surface area contributed by atoms with Crippen molar-refractivity contribution in [2.24, 2.45) is 0 Å². The van der Waals surface area contributed by atoms with Gasteiger partial charge in [0.05, 0.1) is 23.0 Å². The van der Waals surface area contributed by atoms with E-state index in [-0.39, 0.29) is 18.9 Å². The van der Waals surface area contributed by atoms with E-state index in [0.717, 1.165) is 22.4 Å². The van der Waals surface area contributed by atoms with Crippen molar-refractivity contribution in [2.75, 3.05) is 18.1 Å². The van der Waals surface area contributed by atoms with Crippen LogP contribution in [0.4, 0.5) is 10.5 Å². The maximum Gasteiger partial charge on any atom is 0.408 e. The molecule has 0 saturated carbocycles. The number of nitriles is 1. The SMILES string of the molecule is C#CCOc1ccc(C[C@H](NC(=O)OC(C)(C)C)C(=O)N2CC(C)(C)c3ncc(Cc4ccc(Cl)cc4C#N)cc32)cc1. The number of rotatable bonds is 8. The van der Waals surface area contributed by atoms with Crippen molar-refractivity contribution in [1.29, 1.82) is 5.26 Å². The minimum atomic E-state index is -0.917. The number of amides is 2. The van der Waals surface area contributed by atoms with Crippen LogP contribution in [-0.4, -0.2) is 41.8 Å². The van der Waals surface area contributed by atoms with Crippen LogP contribution in [0.1, 0.15) is 62.6 Å². The highest BCUT2D eigenvalue weighted by atomic mass is 35.5. The lowest BCUT2D eigenvalue weighted by Gasteiger charge is -2.27. The van der Waals surface area contributed by atoms with Gasteiger partial charge in [-0.1, -0.05) is 49.6 Å². The van der Waals surface area contributed by atoms with E-state index in [4.69, 9.17) is 32.5 Å². The molecule has 1 aliphatic heterocycles. The number of aromatic nitrogens is 1. The van der Waals surface area contributed by atoms with E-state index in [9.17, 15) is 14.9 Å². The molecule has 43 heavy (non-hydrogen) atoms. The Morgan fingerprint density at radius 1 is 1.16 bits per heavy atom. The Kier molecular flexibility index (Phi) is 9.33. The Bertz CT molecular complexity index is 1600. The van der Waals surface area contributed by atoms with E-state index in [0.29, 0.717) is 35.0 Å². The summed E-state index contributed by atoms with van der Waals surface area (Å²) in [5, 5.41) is 12.9. The topological polar surface area (TPSA) is 105 Å². The van der Waals surface area contributed by atoms with Gasteiger partial charge in [0.15, 0.2) is 0 Å². The second-order valence-corrected chi connectivity index (χ2v) is 12.6. The van der Waals surface area contributed by atoms with Crippen LogP contribution in [0.25, 0.3) is 0 Å². The standard InChI is InChI=1S/C34H35ClN4O4/c1-7-14-42-27-12-8-22(9-13-27)16-28(38-32(41)43-33(2,3)4)31(40)39-21-34(5,6)30-29(39)17-23(20-37-30)15-24-10-11-26(35)18-25(24)19-36/h1,8-13,17-18,20,28H,14-16,21H2,2-6H3,(H,38,41)/t28-/m0/s1. The number of fused-ring (bicyclic) bond motifs is 1. The minimum Gasteiger partial charge on any atom is -0.481 e. The van der Waals surface area contributed by atoms with Crippen LogP contribution in [-0.2, 0) is 27.8 Å². The fourth-order valence-corrected chi connectivity index (χ4v) is 5.19. The van der Waals surface area contributed by atoms with E-state index in [1.54, 1.807) is 56.1 Å². The Balaban J connectivity index is 1.65. The molecule has 0 spiro atoms. The van der Waals surface area contributed by atoms with E-state index in [1.165, 1.54) is 0 Å². The third-order valence-electron chi connectivity index (χ3n) is 6.94. The van der Waals surface area contributed by atoms with Gasteiger partial charge in [0, 0.05) is 36.0 Å². The molecule has 3 aromatic rings. The second kappa shape index (κ2) is 12.8. The second-order valence-electron chi connectivity index (χ2n) is 12.1. The van der Waals surface area contributed by atoms with Crippen LogP contribution in [0.3, 0.4) is 0 Å². The highest BCUT2D eigenvalue weighted by Gasteiger charge is 2.42. The predicted octanol–water partition coefficient (Wildman–Crippen LogP) is 5.97. The Morgan fingerprint density at radius 2 is 1.88 bits per heavy atom. The van der Waals surface area contributed by atoms with Crippen molar-refractivity contribution < 1.29 is 19.1 Å². The number of hydrogen-bond acceptors (Lipinski definition) is 6. The number of halogens is 1. The van der Waals surface area contributed by atoms with E-state index < -0.39 is 23.2 Å². The zero-order valence-electron chi connectivity index (χ0n) is 25.0. The third-order valence-corrected chi connectivity index (χ3v) is 7.17. The number of nitrogens with zero attached hydrogens (tertiary/aromatic N) is 3. The average Bonchev–Trinajstić information content (AvgIpc) is 3.21. The van der Waals surface area contributed by atoms with Gasteiger partial charge < -0.3 is 19.7 Å². The molecule has 2 heterocycles. The zero-order valence-corrected chi connectivity index (χ0v) is 25.8. The van der Waals surface area contributed by atoms with Gasteiger partial charge in [0.25, 0.3) is 0 Å². The van der Waals surface area contributed by atoms with Crippen LogP contribution in [0.5, 0.6) is 5.75 Å². The lowest BCUT2D eigenvalue weighted by molar-refractivity contribution is -0.120. The summed E-state index contributed by atoms with van der Waals surface area (Å²) < 4.78 is 11.0. The van der Waals surface area contributed by atoms with E-state index >= 15 is 0 Å². The van der Waals surface area contributed by atoms with Crippen LogP contribution in [0.15, 0.2) is 54.7 Å². The van der Waals surface area contributed by atoms with Crippen molar-refractivity contribution >= 4 is 29.3 Å². The molecular weight excluding hydrogens is 564 g/mol. The van der Waals surface area contributed by atoms with Gasteiger partial charge in [0.1, 0.15) is 24.0 Å². The number of alkyl carbamates (subject to hydrolysis) is 1. The van der Waals surface area contributed by atoms with Crippen molar-refractivity contribution in [2.45, 2.75) is 64.5 Å². The first-order valence-corrected chi connectivity index (χ1v) is 14.3. The van der Waals surface area contributed by atoms with Gasteiger partial charge in [-0.3, -0.25) is 9.78 Å². The molecule has 2 amide bonds. The van der Waals surface area contributed by atoms with Gasteiger partial charge in [-0.25, -0.2) is 4.79 Å². The first kappa shape index (κ1) is 31.4. The lowest BCUT2D eigenvalue weighted by Crippen LogP contribution is -2.51. The molecule has 0 saturated heterocycles. The number of benzene rings is 2. The molecule has 1 aliphatic rings. The largest absolute Gasteiger partial charge is 0.481 e. The van der Waals surface area contributed by atoms with Crippen molar-refractivity contribution in [3.8, 4) is 24.2 Å². The number of nitrogens with one attached hydrogen (secondary N) is 1. The van der Waals surface area contributed by atoms with Crippen LogP contribution in [0, 0.1) is 23.7 Å². The third kappa shape index (κ3) is 7.85. The van der Waals surface area contributed by atoms with Gasteiger partial charge in [-0.05, 0) is 67.8 Å². The number of ether oxygens (including phenoxy) is 2. The number of carbonyl (C=O) groups excluding carboxylic acids is 2. The summed E-state index contributed by atoms with van der Waals surface area (Å²) >= 11 is 6.09. The number of hydrogen-bond donors (Lipinski definition) is 1. The summed E-state index contributed by atoms with van der Waals surface area (Å²) in [6.07, 6.45) is 7.05. The monoisotopic (exact) mass is 598 g/mol. The first-order chi connectivity index (χ1) is 20.3. The number of anilines is 1. The number of carbonyl (C=O) groups is 2. The summed E-state index contributed by atoms with van der Waals surface area (Å²) in [6, 6.07) is 15.7. The average molecular weight is 599 g/mol. The van der Waals surface area contributed by atoms with E-state index in [2.05, 4.69) is 17.3 Å². The fraction of sp³-hybridized carbons (Fsp3) is 0.353. The molecule has 0 fully saturated rings. The fourth-order valence-electron chi connectivity index (χ4n) is 5.02. The summed E-state index contributed by atoms with van der Waals surface area (Å²) in [6.45, 7) is 9.90. The molecule has 222 valence electrons. The molecular formula is C34H35ClN4O4.